The largest absolute Gasteiger partial charge is 0.367 e. The van der Waals surface area contributed by atoms with Gasteiger partial charge in [0.1, 0.15) is 0 Å². The van der Waals surface area contributed by atoms with Crippen molar-refractivity contribution in [1.82, 2.24) is 4.90 Å². The molecule has 1 amide bonds. The zero-order valence-corrected chi connectivity index (χ0v) is 11.9. The average molecular weight is 290 g/mol. The van der Waals surface area contributed by atoms with Gasteiger partial charge in [0.15, 0.2) is 0 Å². The SMILES string of the molecule is C=CC(=O)Nc1cc([N+](=O)[O-])ccc1N1CCN(C)CC1. The summed E-state index contributed by atoms with van der Waals surface area (Å²) in [5.74, 6) is -0.383. The highest BCUT2D eigenvalue weighted by Gasteiger charge is 2.20. The molecule has 0 unspecified atom stereocenters. The van der Waals surface area contributed by atoms with Crippen LogP contribution in [0.25, 0.3) is 0 Å². The van der Waals surface area contributed by atoms with Crippen molar-refractivity contribution in [1.29, 1.82) is 0 Å². The molecular formula is C14H18N4O3. The number of nitro benzene ring substituents is 1. The molecule has 0 atom stereocenters. The van der Waals surface area contributed by atoms with Gasteiger partial charge in [-0.15, -0.1) is 0 Å². The molecule has 1 N–H and O–H groups in total. The van der Waals surface area contributed by atoms with Crippen LogP contribution >= 0.6 is 0 Å². The van der Waals surface area contributed by atoms with Crippen LogP contribution < -0.4 is 10.2 Å². The quantitative estimate of drug-likeness (QED) is 0.516. The van der Waals surface area contributed by atoms with Crippen molar-refractivity contribution in [2.75, 3.05) is 43.4 Å². The Kier molecular flexibility index (Phi) is 4.54. The number of nitro groups is 1. The standard InChI is InChI=1S/C14H18N4O3/c1-3-14(19)15-12-10-11(18(20)21)4-5-13(12)17-8-6-16(2)7-9-17/h3-5,10H,1,6-9H2,2H3,(H,15,19). The summed E-state index contributed by atoms with van der Waals surface area (Å²) >= 11 is 0. The number of nitrogens with one attached hydrogen (secondary N) is 1. The van der Waals surface area contributed by atoms with Crippen molar-refractivity contribution >= 4 is 23.0 Å². The Morgan fingerprint density at radius 3 is 2.62 bits per heavy atom. The molecule has 1 heterocycles. The molecule has 1 aliphatic rings. The summed E-state index contributed by atoms with van der Waals surface area (Å²) < 4.78 is 0. The molecular weight excluding hydrogens is 272 g/mol. The van der Waals surface area contributed by atoms with Crippen molar-refractivity contribution in [2.45, 2.75) is 0 Å². The van der Waals surface area contributed by atoms with E-state index in [1.165, 1.54) is 12.1 Å². The van der Waals surface area contributed by atoms with E-state index in [-0.39, 0.29) is 11.6 Å². The van der Waals surface area contributed by atoms with Crippen molar-refractivity contribution < 1.29 is 9.72 Å². The van der Waals surface area contributed by atoms with Gasteiger partial charge in [0.25, 0.3) is 5.69 Å². The second kappa shape index (κ2) is 6.36. The molecule has 0 spiro atoms. The Bertz CT molecular complexity index is 565. The van der Waals surface area contributed by atoms with Gasteiger partial charge in [-0.05, 0) is 19.2 Å². The molecule has 1 fully saturated rings. The van der Waals surface area contributed by atoms with Crippen LogP contribution in [0, 0.1) is 10.1 Å². The minimum atomic E-state index is -0.475. The molecule has 2 rings (SSSR count). The highest BCUT2D eigenvalue weighted by atomic mass is 16.6. The number of benzene rings is 1. The molecule has 1 aromatic rings. The maximum absolute atomic E-state index is 11.5. The molecule has 21 heavy (non-hydrogen) atoms. The highest BCUT2D eigenvalue weighted by Crippen LogP contribution is 2.30. The van der Waals surface area contributed by atoms with E-state index in [1.54, 1.807) is 6.07 Å². The molecule has 0 aliphatic carbocycles. The lowest BCUT2D eigenvalue weighted by atomic mass is 10.2. The lowest BCUT2D eigenvalue weighted by Gasteiger charge is -2.35. The van der Waals surface area contributed by atoms with Crippen molar-refractivity contribution in [3.8, 4) is 0 Å². The Morgan fingerprint density at radius 2 is 2.05 bits per heavy atom. The summed E-state index contributed by atoms with van der Waals surface area (Å²) in [5, 5.41) is 13.5. The molecule has 1 saturated heterocycles. The van der Waals surface area contributed by atoms with Gasteiger partial charge in [0.05, 0.1) is 16.3 Å². The topological polar surface area (TPSA) is 78.7 Å². The second-order valence-electron chi connectivity index (χ2n) is 4.94. The van der Waals surface area contributed by atoms with Crippen molar-refractivity contribution in [2.24, 2.45) is 0 Å². The Morgan fingerprint density at radius 1 is 1.38 bits per heavy atom. The van der Waals surface area contributed by atoms with Crippen LogP contribution in [-0.2, 0) is 4.79 Å². The lowest BCUT2D eigenvalue weighted by molar-refractivity contribution is -0.384. The molecule has 0 bridgehead atoms. The van der Waals surface area contributed by atoms with Gasteiger partial charge in [-0.1, -0.05) is 6.58 Å². The highest BCUT2D eigenvalue weighted by molar-refractivity contribution is 6.01. The van der Waals surface area contributed by atoms with E-state index in [4.69, 9.17) is 0 Å². The van der Waals surface area contributed by atoms with Gasteiger partial charge in [0.2, 0.25) is 5.91 Å². The van der Waals surface area contributed by atoms with E-state index in [2.05, 4.69) is 21.7 Å². The number of carbonyl (C=O) groups is 1. The fourth-order valence-electron chi connectivity index (χ4n) is 2.24. The predicted molar refractivity (Wildman–Crippen MR) is 81.6 cm³/mol. The van der Waals surface area contributed by atoms with E-state index in [1.807, 2.05) is 7.05 Å². The van der Waals surface area contributed by atoms with E-state index in [0.717, 1.165) is 37.9 Å². The fourth-order valence-corrected chi connectivity index (χ4v) is 2.24. The van der Waals surface area contributed by atoms with Gasteiger partial charge in [0, 0.05) is 38.3 Å². The van der Waals surface area contributed by atoms with E-state index in [9.17, 15) is 14.9 Å². The summed E-state index contributed by atoms with van der Waals surface area (Å²) in [5.41, 5.74) is 1.19. The third kappa shape index (κ3) is 3.57. The normalized spacial score (nSPS) is 15.6. The van der Waals surface area contributed by atoms with E-state index >= 15 is 0 Å². The summed E-state index contributed by atoms with van der Waals surface area (Å²) in [4.78, 5) is 26.3. The maximum atomic E-state index is 11.5. The van der Waals surface area contributed by atoms with Crippen molar-refractivity contribution in [3.63, 3.8) is 0 Å². The van der Waals surface area contributed by atoms with E-state index < -0.39 is 4.92 Å². The van der Waals surface area contributed by atoms with Crippen LogP contribution in [-0.4, -0.2) is 49.0 Å². The molecule has 1 aliphatic heterocycles. The van der Waals surface area contributed by atoms with Crippen LogP contribution in [0.3, 0.4) is 0 Å². The van der Waals surface area contributed by atoms with E-state index in [0.29, 0.717) is 5.69 Å². The van der Waals surface area contributed by atoms with Gasteiger partial charge in [-0.25, -0.2) is 0 Å². The number of carbonyl (C=O) groups excluding carboxylic acids is 1. The number of likely N-dealkylation sites (N-methyl/N-ethyl adjacent to an activating group) is 1. The third-order valence-corrected chi connectivity index (χ3v) is 3.48. The first-order valence-corrected chi connectivity index (χ1v) is 6.66. The van der Waals surface area contributed by atoms with Gasteiger partial charge < -0.3 is 15.1 Å². The van der Waals surface area contributed by atoms with Crippen molar-refractivity contribution in [3.05, 3.63) is 41.0 Å². The summed E-state index contributed by atoms with van der Waals surface area (Å²) in [6, 6.07) is 4.52. The van der Waals surface area contributed by atoms with Gasteiger partial charge in [-0.3, -0.25) is 14.9 Å². The molecule has 0 saturated carbocycles. The number of nitrogens with zero attached hydrogens (tertiary/aromatic N) is 3. The first kappa shape index (κ1) is 15.0. The second-order valence-corrected chi connectivity index (χ2v) is 4.94. The van der Waals surface area contributed by atoms with Gasteiger partial charge in [-0.2, -0.15) is 0 Å². The first-order chi connectivity index (χ1) is 10.0. The number of amides is 1. The Balaban J connectivity index is 2.32. The smallest absolute Gasteiger partial charge is 0.271 e. The molecule has 7 heteroatoms. The zero-order valence-electron chi connectivity index (χ0n) is 11.9. The number of anilines is 2. The maximum Gasteiger partial charge on any atom is 0.271 e. The average Bonchev–Trinajstić information content (AvgIpc) is 2.48. The monoisotopic (exact) mass is 290 g/mol. The predicted octanol–water partition coefficient (Wildman–Crippen LogP) is 1.47. The van der Waals surface area contributed by atoms with Crippen LogP contribution in [0.2, 0.25) is 0 Å². The number of non-ortho nitro benzene ring substituents is 1. The number of hydrogen-bond donors (Lipinski definition) is 1. The summed E-state index contributed by atoms with van der Waals surface area (Å²) in [6.07, 6.45) is 1.15. The summed E-state index contributed by atoms with van der Waals surface area (Å²) in [7, 11) is 2.05. The molecule has 112 valence electrons. The lowest BCUT2D eigenvalue weighted by Crippen LogP contribution is -2.44. The molecule has 7 nitrogen and oxygen atoms in total. The zero-order chi connectivity index (χ0) is 15.4. The Hall–Kier alpha value is -2.41. The molecule has 0 aromatic heterocycles. The minimum Gasteiger partial charge on any atom is -0.367 e. The van der Waals surface area contributed by atoms with Gasteiger partial charge >= 0.3 is 0 Å². The number of hydrogen-bond acceptors (Lipinski definition) is 5. The summed E-state index contributed by atoms with van der Waals surface area (Å²) in [6.45, 7) is 6.84. The molecule has 1 aromatic carbocycles. The number of rotatable bonds is 4. The van der Waals surface area contributed by atoms with Crippen LogP contribution in [0.15, 0.2) is 30.9 Å². The fraction of sp³-hybridized carbons (Fsp3) is 0.357. The third-order valence-electron chi connectivity index (χ3n) is 3.48. The molecule has 0 radical (unpaired) electrons. The number of piperazine rings is 1. The van der Waals surface area contributed by atoms with Crippen LogP contribution in [0.4, 0.5) is 17.1 Å². The van der Waals surface area contributed by atoms with Crippen LogP contribution in [0.5, 0.6) is 0 Å². The Labute approximate surface area is 123 Å². The minimum absolute atomic E-state index is 0.0489. The van der Waals surface area contributed by atoms with Crippen LogP contribution in [0.1, 0.15) is 0 Å². The first-order valence-electron chi connectivity index (χ1n) is 6.66.